The number of hydrogen-bond donors (Lipinski definition) is 2. The number of aromatic amines is 1. The average Bonchev–Trinajstić information content (AvgIpc) is 2.99. The Labute approximate surface area is 256 Å². The van der Waals surface area contributed by atoms with Crippen LogP contribution in [0.2, 0.25) is 0 Å². The van der Waals surface area contributed by atoms with Crippen LogP contribution in [0.15, 0.2) is 35.5 Å². The van der Waals surface area contributed by atoms with Crippen LogP contribution in [-0.2, 0) is 10.9 Å². The maximum Gasteiger partial charge on any atom is 0.417 e. The van der Waals surface area contributed by atoms with E-state index in [-0.39, 0.29) is 35.4 Å². The fourth-order valence-corrected chi connectivity index (χ4v) is 5.46. The lowest BCUT2D eigenvalue weighted by Crippen LogP contribution is -2.50. The number of carbonyl (C=O) groups is 1. The number of likely N-dealkylation sites (N-methyl/N-ethyl adjacent to an activating group) is 1. The van der Waals surface area contributed by atoms with Gasteiger partial charge in [-0.05, 0) is 19.9 Å². The highest BCUT2D eigenvalue weighted by molar-refractivity contribution is 6.07. The zero-order valence-corrected chi connectivity index (χ0v) is 25.2. The molecule has 0 saturated carbocycles. The molecule has 3 aromatic rings. The molecular formula is C30H34F5N7O3. The molecule has 2 atom stereocenters. The Morgan fingerprint density at radius 1 is 1.09 bits per heavy atom. The van der Waals surface area contributed by atoms with Gasteiger partial charge in [-0.25, -0.2) is 18.7 Å². The number of ether oxygens (including phenoxy) is 1. The van der Waals surface area contributed by atoms with Crippen LogP contribution in [0.25, 0.3) is 11.1 Å². The van der Waals surface area contributed by atoms with Gasteiger partial charge in [-0.2, -0.15) is 13.2 Å². The molecule has 2 aliphatic heterocycles. The number of pyridine rings is 1. The van der Waals surface area contributed by atoms with E-state index in [1.54, 1.807) is 4.90 Å². The summed E-state index contributed by atoms with van der Waals surface area (Å²) in [5, 5.41) is 2.25. The van der Waals surface area contributed by atoms with Crippen molar-refractivity contribution in [3.63, 3.8) is 0 Å². The number of alkyl halides is 3. The van der Waals surface area contributed by atoms with Gasteiger partial charge in [0.05, 0.1) is 35.1 Å². The van der Waals surface area contributed by atoms with Crippen LogP contribution in [0.1, 0.15) is 36.7 Å². The number of H-pyrrole nitrogens is 1. The van der Waals surface area contributed by atoms with Crippen molar-refractivity contribution in [3.05, 3.63) is 63.8 Å². The van der Waals surface area contributed by atoms with Crippen molar-refractivity contribution in [2.24, 2.45) is 5.92 Å². The van der Waals surface area contributed by atoms with Crippen LogP contribution >= 0.6 is 0 Å². The van der Waals surface area contributed by atoms with E-state index in [4.69, 9.17) is 4.74 Å². The zero-order chi connectivity index (χ0) is 32.6. The number of morpholine rings is 1. The highest BCUT2D eigenvalue weighted by atomic mass is 19.4. The fraction of sp³-hybridized carbons (Fsp3) is 0.467. The van der Waals surface area contributed by atoms with Crippen molar-refractivity contribution in [3.8, 4) is 11.1 Å². The SMILES string of the molecule is CC(C)[C@H]1CN(c2ncc(-c3c(F)cc(N4CCN(C)[C@@H](C)C4)c(NC(=O)c4c[nH]c(=O)cc4C(F)(F)F)c3F)cn2)CCO1. The minimum atomic E-state index is -5.04. The van der Waals surface area contributed by atoms with Gasteiger partial charge in [0.25, 0.3) is 5.91 Å². The molecule has 2 saturated heterocycles. The first kappa shape index (κ1) is 32.3. The number of hydrogen-bond acceptors (Lipinski definition) is 8. The summed E-state index contributed by atoms with van der Waals surface area (Å²) in [6.07, 6.45) is -1.94. The number of benzene rings is 1. The predicted molar refractivity (Wildman–Crippen MR) is 158 cm³/mol. The number of carbonyl (C=O) groups excluding carboxylic acids is 1. The summed E-state index contributed by atoms with van der Waals surface area (Å²) in [5.41, 5.74) is -4.62. The molecule has 15 heteroatoms. The Hall–Kier alpha value is -4.11. The molecule has 5 rings (SSSR count). The van der Waals surface area contributed by atoms with E-state index in [0.29, 0.717) is 51.5 Å². The normalized spacial score (nSPS) is 19.7. The number of halogens is 5. The van der Waals surface area contributed by atoms with E-state index in [2.05, 4.69) is 20.3 Å². The summed E-state index contributed by atoms with van der Waals surface area (Å²) < 4.78 is 79.2. The first-order valence-electron chi connectivity index (χ1n) is 14.5. The number of nitrogens with zero attached hydrogens (tertiary/aromatic N) is 5. The lowest BCUT2D eigenvalue weighted by molar-refractivity contribution is -0.138. The summed E-state index contributed by atoms with van der Waals surface area (Å²) in [6, 6.07) is 1.27. The standard InChI is InChI=1S/C30H34F5N7O3/c1-16(2)23-15-42(7-8-45-23)29-37-11-18(12-38-29)25-21(31)10-22(41-6-5-40(4)17(3)14-41)27(26(25)32)39-28(44)19-13-36-24(43)9-20(19)30(33,34)35/h9-13,16-17,23H,5-8,14-15H2,1-4H3,(H,36,43)(H,39,44)/t17-,23+/m0/s1. The van der Waals surface area contributed by atoms with Gasteiger partial charge in [0, 0.05) is 75.1 Å². The molecule has 0 radical (unpaired) electrons. The first-order valence-corrected chi connectivity index (χ1v) is 14.5. The Bertz CT molecular complexity index is 1610. The van der Waals surface area contributed by atoms with Crippen LogP contribution in [0.4, 0.5) is 39.3 Å². The van der Waals surface area contributed by atoms with Crippen molar-refractivity contribution in [1.82, 2.24) is 19.9 Å². The van der Waals surface area contributed by atoms with Gasteiger partial charge in [0.1, 0.15) is 11.5 Å². The average molecular weight is 636 g/mol. The Kier molecular flexibility index (Phi) is 9.12. The highest BCUT2D eigenvalue weighted by Crippen LogP contribution is 2.39. The largest absolute Gasteiger partial charge is 0.417 e. The molecule has 1 amide bonds. The lowest BCUT2D eigenvalue weighted by atomic mass is 10.0. The summed E-state index contributed by atoms with van der Waals surface area (Å²) in [5.74, 6) is -2.89. The molecule has 2 fully saturated rings. The second kappa shape index (κ2) is 12.7. The third kappa shape index (κ3) is 6.78. The van der Waals surface area contributed by atoms with Crippen molar-refractivity contribution in [1.29, 1.82) is 0 Å². The minimum Gasteiger partial charge on any atom is -0.374 e. The summed E-state index contributed by atoms with van der Waals surface area (Å²) >= 11 is 0. The van der Waals surface area contributed by atoms with Crippen molar-refractivity contribution in [2.75, 3.05) is 61.5 Å². The van der Waals surface area contributed by atoms with E-state index >= 15 is 8.78 Å². The Balaban J connectivity index is 1.55. The number of rotatable bonds is 6. The van der Waals surface area contributed by atoms with E-state index < -0.39 is 51.7 Å². The maximum atomic E-state index is 16.4. The molecule has 0 bridgehead atoms. The number of anilines is 3. The van der Waals surface area contributed by atoms with Crippen molar-refractivity contribution < 1.29 is 31.5 Å². The fourth-order valence-electron chi connectivity index (χ4n) is 5.46. The zero-order valence-electron chi connectivity index (χ0n) is 25.2. The van der Waals surface area contributed by atoms with Crippen molar-refractivity contribution in [2.45, 2.75) is 39.1 Å². The van der Waals surface area contributed by atoms with Gasteiger partial charge >= 0.3 is 6.18 Å². The van der Waals surface area contributed by atoms with Gasteiger partial charge < -0.3 is 29.7 Å². The van der Waals surface area contributed by atoms with Crippen LogP contribution in [0.5, 0.6) is 0 Å². The van der Waals surface area contributed by atoms with Gasteiger partial charge in [0.2, 0.25) is 11.5 Å². The molecule has 0 aliphatic carbocycles. The molecule has 242 valence electrons. The second-order valence-corrected chi connectivity index (χ2v) is 11.7. The van der Waals surface area contributed by atoms with Gasteiger partial charge in [-0.3, -0.25) is 9.59 Å². The molecule has 0 unspecified atom stereocenters. The van der Waals surface area contributed by atoms with Crippen molar-refractivity contribution >= 4 is 23.2 Å². The van der Waals surface area contributed by atoms with Crippen LogP contribution in [0.3, 0.4) is 0 Å². The molecule has 1 aromatic carbocycles. The molecule has 2 aliphatic rings. The number of aromatic nitrogens is 3. The van der Waals surface area contributed by atoms with E-state index in [0.717, 1.165) is 6.07 Å². The number of amides is 1. The summed E-state index contributed by atoms with van der Waals surface area (Å²) in [6.45, 7) is 8.73. The molecule has 2 aromatic heterocycles. The Morgan fingerprint density at radius 3 is 2.44 bits per heavy atom. The molecule has 45 heavy (non-hydrogen) atoms. The summed E-state index contributed by atoms with van der Waals surface area (Å²) in [4.78, 5) is 41.2. The topological polar surface area (TPSA) is 107 Å². The summed E-state index contributed by atoms with van der Waals surface area (Å²) in [7, 11) is 1.90. The number of nitrogens with one attached hydrogen (secondary N) is 2. The third-order valence-corrected chi connectivity index (χ3v) is 8.26. The van der Waals surface area contributed by atoms with E-state index in [1.165, 1.54) is 12.4 Å². The molecule has 10 nitrogen and oxygen atoms in total. The predicted octanol–water partition coefficient (Wildman–Crippen LogP) is 4.38. The Morgan fingerprint density at radius 2 is 1.80 bits per heavy atom. The van der Waals surface area contributed by atoms with Crippen LogP contribution < -0.4 is 20.7 Å². The molecule has 4 heterocycles. The quantitative estimate of drug-likeness (QED) is 0.385. The first-order chi connectivity index (χ1) is 21.2. The van der Waals surface area contributed by atoms with Gasteiger partial charge in [-0.1, -0.05) is 13.8 Å². The van der Waals surface area contributed by atoms with Crippen LogP contribution in [0, 0.1) is 17.6 Å². The minimum absolute atomic E-state index is 0.0273. The van der Waals surface area contributed by atoms with E-state index in [9.17, 15) is 22.8 Å². The lowest BCUT2D eigenvalue weighted by Gasteiger charge is -2.39. The smallest absolute Gasteiger partial charge is 0.374 e. The van der Waals surface area contributed by atoms with E-state index in [1.807, 2.05) is 37.6 Å². The maximum absolute atomic E-state index is 16.4. The molecule has 2 N–H and O–H groups in total. The van der Waals surface area contributed by atoms with Crippen LogP contribution in [-0.4, -0.2) is 84.3 Å². The number of piperazine rings is 1. The second-order valence-electron chi connectivity index (χ2n) is 11.7. The third-order valence-electron chi connectivity index (χ3n) is 8.26. The molecular weight excluding hydrogens is 601 g/mol. The highest BCUT2D eigenvalue weighted by Gasteiger charge is 2.37. The van der Waals surface area contributed by atoms with Gasteiger partial charge in [0.15, 0.2) is 5.82 Å². The monoisotopic (exact) mass is 635 g/mol. The molecule has 0 spiro atoms. The van der Waals surface area contributed by atoms with Gasteiger partial charge in [-0.15, -0.1) is 0 Å².